The Bertz CT molecular complexity index is 1350. The highest BCUT2D eigenvalue weighted by Gasteiger charge is 2.56. The minimum absolute atomic E-state index is 0.0301. The van der Waals surface area contributed by atoms with Gasteiger partial charge in [0.05, 0.1) is 39.5 Å². The first-order valence-electron chi connectivity index (χ1n) is 13.8. The van der Waals surface area contributed by atoms with Crippen LogP contribution in [-0.4, -0.2) is 92.5 Å². The molecule has 3 fully saturated rings. The summed E-state index contributed by atoms with van der Waals surface area (Å²) in [5.41, 5.74) is 2.01. The van der Waals surface area contributed by atoms with Crippen LogP contribution in [0.1, 0.15) is 35.6 Å². The fraction of sp³-hybridized carbons (Fsp3) is 0.552. The van der Waals surface area contributed by atoms with Gasteiger partial charge in [-0.3, -0.25) is 4.79 Å². The number of carbonyl (C=O) groups excluding carboxylic acids is 1. The second-order valence-corrected chi connectivity index (χ2v) is 11.0. The number of aromatic hydroxyl groups is 1. The van der Waals surface area contributed by atoms with Gasteiger partial charge in [-0.2, -0.15) is 0 Å². The van der Waals surface area contributed by atoms with E-state index in [9.17, 15) is 20.1 Å². The summed E-state index contributed by atoms with van der Waals surface area (Å²) in [5, 5.41) is 32.5. The maximum absolute atomic E-state index is 13.4. The fourth-order valence-corrected chi connectivity index (χ4v) is 6.74. The smallest absolute Gasteiger partial charge is 0.310 e. The lowest BCUT2D eigenvalue weighted by molar-refractivity contribution is -0.364. The van der Waals surface area contributed by atoms with Crippen LogP contribution in [0.15, 0.2) is 24.3 Å². The van der Waals surface area contributed by atoms with E-state index in [1.165, 1.54) is 14.2 Å². The van der Waals surface area contributed by atoms with E-state index < -0.39 is 66.8 Å². The Balaban J connectivity index is 1.32. The highest BCUT2D eigenvalue weighted by Crippen LogP contribution is 2.57. The van der Waals surface area contributed by atoms with Crippen molar-refractivity contribution < 1.29 is 62.7 Å². The number of phenols is 1. The van der Waals surface area contributed by atoms with Gasteiger partial charge in [0, 0.05) is 11.8 Å². The van der Waals surface area contributed by atoms with Crippen LogP contribution in [0.5, 0.6) is 28.7 Å². The Labute approximate surface area is 240 Å². The summed E-state index contributed by atoms with van der Waals surface area (Å²) >= 11 is 0. The number of rotatable bonds is 5. The molecule has 10 atom stereocenters. The van der Waals surface area contributed by atoms with Crippen molar-refractivity contribution in [1.82, 2.24) is 0 Å². The zero-order valence-corrected chi connectivity index (χ0v) is 23.1. The van der Waals surface area contributed by atoms with Gasteiger partial charge in [-0.1, -0.05) is 0 Å². The normalized spacial score (nSPS) is 36.5. The molecule has 5 aliphatic rings. The number of aliphatic hydroxyl groups is 2. The quantitative estimate of drug-likeness (QED) is 0.430. The molecule has 2 aromatic rings. The summed E-state index contributed by atoms with van der Waals surface area (Å²) in [6.07, 6.45) is -6.80. The number of ether oxygens (including phenoxy) is 9. The molecule has 13 heteroatoms. The van der Waals surface area contributed by atoms with Crippen LogP contribution in [0.25, 0.3) is 0 Å². The zero-order chi connectivity index (χ0) is 29.3. The number of hydrogen-bond donors (Lipinski definition) is 3. The van der Waals surface area contributed by atoms with Gasteiger partial charge < -0.3 is 58.0 Å². The largest absolute Gasteiger partial charge is 0.502 e. The molecule has 0 aromatic heterocycles. The monoisotopic (exact) mass is 588 g/mol. The van der Waals surface area contributed by atoms with Crippen molar-refractivity contribution in [3.63, 3.8) is 0 Å². The third-order valence-electron chi connectivity index (χ3n) is 8.75. The molecular weight excluding hydrogens is 556 g/mol. The first kappa shape index (κ1) is 27.5. The van der Waals surface area contributed by atoms with Gasteiger partial charge in [0.15, 0.2) is 35.6 Å². The van der Waals surface area contributed by atoms with Crippen molar-refractivity contribution in [1.29, 1.82) is 0 Å². The first-order chi connectivity index (χ1) is 20.3. The lowest BCUT2D eigenvalue weighted by atomic mass is 9.66. The van der Waals surface area contributed by atoms with Crippen LogP contribution in [-0.2, 0) is 28.5 Å². The molecule has 1 aliphatic carbocycles. The number of phenolic OH excluding ortho intramolecular Hbond substituents is 1. The van der Waals surface area contributed by atoms with Crippen molar-refractivity contribution in [3.8, 4) is 28.7 Å². The van der Waals surface area contributed by atoms with Gasteiger partial charge in [-0.15, -0.1) is 0 Å². The van der Waals surface area contributed by atoms with Crippen molar-refractivity contribution in [2.45, 2.75) is 55.9 Å². The van der Waals surface area contributed by atoms with E-state index in [0.717, 1.165) is 0 Å². The molecular formula is C29H32O13. The third-order valence-corrected chi connectivity index (χ3v) is 8.75. The van der Waals surface area contributed by atoms with Gasteiger partial charge in [-0.25, -0.2) is 0 Å². The predicted octanol–water partition coefficient (Wildman–Crippen LogP) is 1.34. The Kier molecular flexibility index (Phi) is 6.83. The average Bonchev–Trinajstić information content (AvgIpc) is 3.61. The van der Waals surface area contributed by atoms with Crippen LogP contribution in [0.2, 0.25) is 0 Å². The summed E-state index contributed by atoms with van der Waals surface area (Å²) in [7, 11) is 2.86. The van der Waals surface area contributed by atoms with Crippen LogP contribution in [0.4, 0.5) is 0 Å². The van der Waals surface area contributed by atoms with Crippen molar-refractivity contribution >= 4 is 5.97 Å². The van der Waals surface area contributed by atoms with Crippen LogP contribution in [0, 0.1) is 11.8 Å². The Hall–Kier alpha value is -3.33. The number of benzene rings is 2. The molecule has 0 spiro atoms. The average molecular weight is 589 g/mol. The molecule has 226 valence electrons. The maximum atomic E-state index is 13.4. The van der Waals surface area contributed by atoms with Crippen molar-refractivity contribution in [2.75, 3.05) is 34.2 Å². The Morgan fingerprint density at radius 2 is 1.57 bits per heavy atom. The minimum Gasteiger partial charge on any atom is -0.502 e. The standard InChI is InChI=1S/C29H32O13/c1-11-36-9-20-27(40-11)24(31)25(32)29(41-20)42-26-14-7-17-16(38-10-39-17)6-13(14)21(22-15(26)8-37-28(22)33)12-4-18(34-2)23(30)19(5-12)35-3/h4-7,11,15,20-22,24-27,29-32H,8-10H2,1-3H3/t11-,15+,20?,21-,22?,24?,25?,26-,27?,29?/m1/s1. The molecule has 7 rings (SSSR count). The molecule has 42 heavy (non-hydrogen) atoms. The molecule has 4 aliphatic heterocycles. The van der Waals surface area contributed by atoms with E-state index in [0.29, 0.717) is 28.2 Å². The molecule has 0 amide bonds. The van der Waals surface area contributed by atoms with E-state index in [-0.39, 0.29) is 37.3 Å². The lowest BCUT2D eigenvalue weighted by Crippen LogP contribution is -2.63. The Morgan fingerprint density at radius 3 is 2.26 bits per heavy atom. The van der Waals surface area contributed by atoms with Gasteiger partial charge in [0.25, 0.3) is 0 Å². The lowest BCUT2D eigenvalue weighted by Gasteiger charge is -2.47. The van der Waals surface area contributed by atoms with E-state index >= 15 is 0 Å². The number of fused-ring (bicyclic) bond motifs is 4. The van der Waals surface area contributed by atoms with Crippen molar-refractivity contribution in [3.05, 3.63) is 41.0 Å². The molecule has 13 nitrogen and oxygen atoms in total. The zero-order valence-electron chi connectivity index (χ0n) is 23.1. The number of esters is 1. The molecule has 0 saturated carbocycles. The molecule has 6 unspecified atom stereocenters. The Morgan fingerprint density at radius 1 is 0.881 bits per heavy atom. The molecule has 3 saturated heterocycles. The van der Waals surface area contributed by atoms with Gasteiger partial charge >= 0.3 is 5.97 Å². The summed E-state index contributed by atoms with van der Waals surface area (Å²) in [5.74, 6) is -1.02. The molecule has 3 N–H and O–H groups in total. The second kappa shape index (κ2) is 10.4. The summed E-state index contributed by atoms with van der Waals surface area (Å²) in [6, 6.07) is 6.93. The first-order valence-corrected chi connectivity index (χ1v) is 13.8. The number of carbonyl (C=O) groups is 1. The summed E-state index contributed by atoms with van der Waals surface area (Å²) in [4.78, 5) is 13.4. The molecule has 2 aromatic carbocycles. The van der Waals surface area contributed by atoms with Crippen LogP contribution >= 0.6 is 0 Å². The van der Waals surface area contributed by atoms with E-state index in [4.69, 9.17) is 42.6 Å². The van der Waals surface area contributed by atoms with E-state index in [2.05, 4.69) is 0 Å². The van der Waals surface area contributed by atoms with Crippen molar-refractivity contribution in [2.24, 2.45) is 11.8 Å². The summed E-state index contributed by atoms with van der Waals surface area (Å²) in [6.45, 7) is 1.93. The topological polar surface area (TPSA) is 161 Å². The highest BCUT2D eigenvalue weighted by atomic mass is 16.8. The second-order valence-electron chi connectivity index (χ2n) is 11.0. The third kappa shape index (κ3) is 4.26. The molecule has 0 radical (unpaired) electrons. The minimum atomic E-state index is -1.44. The van der Waals surface area contributed by atoms with E-state index in [1.807, 2.05) is 0 Å². The fourth-order valence-electron chi connectivity index (χ4n) is 6.74. The molecule has 4 heterocycles. The highest BCUT2D eigenvalue weighted by molar-refractivity contribution is 5.79. The van der Waals surface area contributed by atoms with Crippen LogP contribution < -0.4 is 18.9 Å². The molecule has 0 bridgehead atoms. The number of hydrogen-bond acceptors (Lipinski definition) is 13. The predicted molar refractivity (Wildman–Crippen MR) is 138 cm³/mol. The van der Waals surface area contributed by atoms with Gasteiger partial charge in [-0.05, 0) is 47.9 Å². The maximum Gasteiger partial charge on any atom is 0.310 e. The van der Waals surface area contributed by atoms with Gasteiger partial charge in [0.1, 0.15) is 24.4 Å². The number of cyclic esters (lactones) is 1. The number of methoxy groups -OCH3 is 2. The van der Waals surface area contributed by atoms with Crippen LogP contribution in [0.3, 0.4) is 0 Å². The SMILES string of the molecule is COc1cc([C@@H]2c3cc4c(cc3[C@@H](OC3OC5CO[C@@H](C)OC5C(O)C3O)[C@H]3COC(=O)C23)OCO4)cc(OC)c1O. The summed E-state index contributed by atoms with van der Waals surface area (Å²) < 4.78 is 51.5. The van der Waals surface area contributed by atoms with Gasteiger partial charge in [0.2, 0.25) is 12.5 Å². The number of aliphatic hydroxyl groups excluding tert-OH is 2. The van der Waals surface area contributed by atoms with E-state index in [1.54, 1.807) is 31.2 Å².